The van der Waals surface area contributed by atoms with Crippen molar-refractivity contribution in [1.29, 1.82) is 0 Å². The number of furan rings is 1. The first-order valence-electron chi connectivity index (χ1n) is 10.4. The quantitative estimate of drug-likeness (QED) is 0.411. The third-order valence-corrected chi connectivity index (χ3v) is 7.06. The van der Waals surface area contributed by atoms with Gasteiger partial charge in [0.2, 0.25) is 5.71 Å². The van der Waals surface area contributed by atoms with E-state index in [0.717, 1.165) is 34.2 Å². The summed E-state index contributed by atoms with van der Waals surface area (Å²) in [6.07, 6.45) is 1.39. The van der Waals surface area contributed by atoms with Gasteiger partial charge in [-0.1, -0.05) is 36.4 Å². The van der Waals surface area contributed by atoms with Crippen molar-refractivity contribution >= 4 is 27.8 Å². The fourth-order valence-electron chi connectivity index (χ4n) is 5.51. The zero-order valence-corrected chi connectivity index (χ0v) is 17.3. The van der Waals surface area contributed by atoms with E-state index in [-0.39, 0.29) is 6.17 Å². The molecule has 2 unspecified atom stereocenters. The molecule has 29 heavy (non-hydrogen) atoms. The van der Waals surface area contributed by atoms with Gasteiger partial charge in [0.1, 0.15) is 0 Å². The van der Waals surface area contributed by atoms with Crippen molar-refractivity contribution in [2.75, 3.05) is 11.9 Å². The number of aryl methyl sites for hydroxylation is 2. The van der Waals surface area contributed by atoms with Crippen LogP contribution in [0.3, 0.4) is 0 Å². The summed E-state index contributed by atoms with van der Waals surface area (Å²) in [6, 6.07) is 18.4. The number of fused-ring (bicyclic) bond motifs is 8. The Morgan fingerprint density at radius 1 is 0.931 bits per heavy atom. The average Bonchev–Trinajstić information content (AvgIpc) is 3.25. The molecule has 1 aliphatic carbocycles. The van der Waals surface area contributed by atoms with Crippen LogP contribution in [-0.4, -0.2) is 23.1 Å². The van der Waals surface area contributed by atoms with Crippen LogP contribution >= 0.6 is 0 Å². The molecular formula is C25H25N3O. The molecule has 2 aliphatic rings. The summed E-state index contributed by atoms with van der Waals surface area (Å²) in [6.45, 7) is 6.52. The summed E-state index contributed by atoms with van der Waals surface area (Å²) >= 11 is 0. The summed E-state index contributed by atoms with van der Waals surface area (Å²) < 4.78 is 6.41. The van der Waals surface area contributed by atoms with Crippen LogP contribution in [0.15, 0.2) is 52.9 Å². The number of aromatic nitrogens is 1. The molecule has 2 aromatic carbocycles. The van der Waals surface area contributed by atoms with Crippen molar-refractivity contribution in [2.24, 2.45) is 0 Å². The van der Waals surface area contributed by atoms with Gasteiger partial charge in [0.15, 0.2) is 5.58 Å². The van der Waals surface area contributed by atoms with E-state index in [4.69, 9.17) is 4.42 Å². The van der Waals surface area contributed by atoms with E-state index < -0.39 is 0 Å². The van der Waals surface area contributed by atoms with Crippen LogP contribution < -0.4 is 4.90 Å². The maximum Gasteiger partial charge on any atom is 0.227 e. The first-order valence-corrected chi connectivity index (χ1v) is 10.4. The van der Waals surface area contributed by atoms with Crippen LogP contribution in [0.25, 0.3) is 22.1 Å². The Morgan fingerprint density at radius 2 is 1.66 bits per heavy atom. The second-order valence-electron chi connectivity index (χ2n) is 8.62. The Morgan fingerprint density at radius 3 is 2.45 bits per heavy atom. The van der Waals surface area contributed by atoms with E-state index in [1.807, 2.05) is 6.92 Å². The number of nitrogens with zero attached hydrogens (tertiary/aromatic N) is 3. The van der Waals surface area contributed by atoms with Crippen molar-refractivity contribution in [3.05, 3.63) is 70.9 Å². The number of rotatable bonds is 1. The van der Waals surface area contributed by atoms with Gasteiger partial charge < -0.3 is 9.32 Å². The second-order valence-corrected chi connectivity index (χ2v) is 8.62. The maximum atomic E-state index is 6.41. The van der Waals surface area contributed by atoms with Gasteiger partial charge >= 0.3 is 0 Å². The second kappa shape index (κ2) is 5.83. The maximum absolute atomic E-state index is 6.41. The van der Waals surface area contributed by atoms with Crippen molar-refractivity contribution < 1.29 is 4.42 Å². The topological polar surface area (TPSA) is 32.5 Å². The highest BCUT2D eigenvalue weighted by Gasteiger charge is 2.46. The lowest BCUT2D eigenvalue weighted by Crippen LogP contribution is -2.50. The van der Waals surface area contributed by atoms with E-state index >= 15 is 0 Å². The Kier molecular flexibility index (Phi) is 3.43. The number of hydrogen-bond acceptors (Lipinski definition) is 4. The molecule has 4 heteroatoms. The molecule has 3 atom stereocenters. The molecule has 4 aromatic rings. The molecule has 1 fully saturated rings. The van der Waals surface area contributed by atoms with Crippen LogP contribution in [-0.2, 0) is 0 Å². The van der Waals surface area contributed by atoms with Gasteiger partial charge in [-0.25, -0.2) is 4.98 Å². The first-order chi connectivity index (χ1) is 14.0. The average molecular weight is 383 g/mol. The molecule has 146 valence electrons. The van der Waals surface area contributed by atoms with Gasteiger partial charge in [-0.15, -0.1) is 0 Å². The highest BCUT2D eigenvalue weighted by Crippen LogP contribution is 2.53. The highest BCUT2D eigenvalue weighted by molar-refractivity contribution is 6.08. The summed E-state index contributed by atoms with van der Waals surface area (Å²) in [5.41, 5.74) is 8.05. The summed E-state index contributed by atoms with van der Waals surface area (Å²) in [5, 5.41) is 2.24. The Labute approximate surface area is 170 Å². The normalized spacial score (nSPS) is 23.9. The Bertz CT molecular complexity index is 1270. The van der Waals surface area contributed by atoms with E-state index in [0.29, 0.717) is 12.1 Å². The number of pyridine rings is 1. The third-order valence-electron chi connectivity index (χ3n) is 7.06. The molecule has 4 nitrogen and oxygen atoms in total. The molecule has 0 saturated carbocycles. The molecule has 0 N–H and O–H groups in total. The van der Waals surface area contributed by atoms with Gasteiger partial charge in [0.05, 0.1) is 17.9 Å². The van der Waals surface area contributed by atoms with Gasteiger partial charge in [-0.3, -0.25) is 4.90 Å². The van der Waals surface area contributed by atoms with Crippen LogP contribution in [0.5, 0.6) is 0 Å². The fraction of sp³-hybridized carbons (Fsp3) is 0.320. The molecule has 2 bridgehead atoms. The highest BCUT2D eigenvalue weighted by atomic mass is 16.3. The van der Waals surface area contributed by atoms with Gasteiger partial charge in [-0.2, -0.15) is 0 Å². The van der Waals surface area contributed by atoms with Crippen LogP contribution in [0.1, 0.15) is 47.8 Å². The fourth-order valence-corrected chi connectivity index (χ4v) is 5.51. The lowest BCUT2D eigenvalue weighted by molar-refractivity contribution is 0.131. The molecule has 0 amide bonds. The minimum absolute atomic E-state index is 0.276. The van der Waals surface area contributed by atoms with Gasteiger partial charge in [-0.05, 0) is 63.1 Å². The smallest absolute Gasteiger partial charge is 0.227 e. The molecule has 6 rings (SSSR count). The molecule has 0 radical (unpaired) electrons. The van der Waals surface area contributed by atoms with Crippen LogP contribution in [0.4, 0.5) is 5.69 Å². The van der Waals surface area contributed by atoms with Crippen molar-refractivity contribution in [3.8, 4) is 0 Å². The lowest BCUT2D eigenvalue weighted by atomic mass is 10.0. The molecular weight excluding hydrogens is 358 g/mol. The number of benzene rings is 2. The largest absolute Gasteiger partial charge is 0.436 e. The minimum Gasteiger partial charge on any atom is -0.436 e. The number of anilines is 1. The monoisotopic (exact) mass is 383 g/mol. The zero-order chi connectivity index (χ0) is 19.9. The van der Waals surface area contributed by atoms with E-state index in [1.165, 1.54) is 22.4 Å². The predicted molar refractivity (Wildman–Crippen MR) is 117 cm³/mol. The Balaban J connectivity index is 1.63. The van der Waals surface area contributed by atoms with E-state index in [9.17, 15) is 0 Å². The molecule has 1 saturated heterocycles. The summed E-state index contributed by atoms with van der Waals surface area (Å²) in [5.74, 6) is 0. The Hall–Kier alpha value is -2.85. The summed E-state index contributed by atoms with van der Waals surface area (Å²) in [4.78, 5) is 9.73. The molecule has 3 heterocycles. The third kappa shape index (κ3) is 2.21. The minimum atomic E-state index is 0.276. The lowest BCUT2D eigenvalue weighted by Gasteiger charge is -2.47. The predicted octanol–water partition coefficient (Wildman–Crippen LogP) is 5.88. The standard InChI is InChI=1S/C25H25N3O/c1-14-9-11-19-20-12-10-15(2)26-25(20)29-24(19)23(14)28-16(3)27(4)21-13-22(28)18-8-6-5-7-17(18)21/h5-12,16,21-22H,13H2,1-4H3/t16-,21?,22?/m0/s1. The van der Waals surface area contributed by atoms with Crippen LogP contribution in [0.2, 0.25) is 0 Å². The van der Waals surface area contributed by atoms with Crippen LogP contribution in [0, 0.1) is 13.8 Å². The number of hydrogen-bond donors (Lipinski definition) is 0. The molecule has 2 aromatic heterocycles. The first kappa shape index (κ1) is 17.0. The SMILES string of the molecule is Cc1ccc2c(n1)oc1c(N3C4CC(c5ccccc54)N(C)[C@@H]3C)c(C)ccc12. The molecule has 0 spiro atoms. The van der Waals surface area contributed by atoms with Gasteiger partial charge in [0.25, 0.3) is 0 Å². The van der Waals surface area contributed by atoms with E-state index in [1.54, 1.807) is 0 Å². The van der Waals surface area contributed by atoms with Crippen molar-refractivity contribution in [1.82, 2.24) is 9.88 Å². The molecule has 1 aliphatic heterocycles. The summed E-state index contributed by atoms with van der Waals surface area (Å²) in [7, 11) is 2.25. The van der Waals surface area contributed by atoms with Crippen molar-refractivity contribution in [3.63, 3.8) is 0 Å². The zero-order valence-electron chi connectivity index (χ0n) is 17.3. The van der Waals surface area contributed by atoms with E-state index in [2.05, 4.69) is 84.2 Å². The van der Waals surface area contributed by atoms with Crippen molar-refractivity contribution in [2.45, 2.75) is 45.4 Å². The van der Waals surface area contributed by atoms with Gasteiger partial charge in [0, 0.05) is 22.5 Å².